The van der Waals surface area contributed by atoms with Crippen LogP contribution in [-0.2, 0) is 19.9 Å². The zero-order valence-electron chi connectivity index (χ0n) is 11.7. The monoisotopic (exact) mass is 259 g/mol. The number of aryl methyl sites for hydroxylation is 3. The maximum absolute atomic E-state index is 5.67. The molecule has 1 aromatic carbocycles. The second-order valence-electron chi connectivity index (χ2n) is 5.00. The number of rotatable bonds is 5. The van der Waals surface area contributed by atoms with Crippen LogP contribution in [0.15, 0.2) is 24.5 Å². The van der Waals surface area contributed by atoms with Crippen LogP contribution in [0.4, 0.5) is 0 Å². The average Bonchev–Trinajstić information content (AvgIpc) is 2.78. The van der Waals surface area contributed by atoms with Crippen LogP contribution in [0.25, 0.3) is 0 Å². The molecule has 1 atom stereocenters. The first-order valence-corrected chi connectivity index (χ1v) is 6.45. The highest BCUT2D eigenvalue weighted by molar-refractivity contribution is 5.31. The Morgan fingerprint density at radius 2 is 2.11 bits per heavy atom. The van der Waals surface area contributed by atoms with Gasteiger partial charge in [0.15, 0.2) is 0 Å². The Hall–Kier alpha value is -1.72. The maximum Gasteiger partial charge on any atom is 0.138 e. The quantitative estimate of drug-likeness (QED) is 0.622. The molecule has 102 valence electrons. The van der Waals surface area contributed by atoms with Crippen molar-refractivity contribution in [1.82, 2.24) is 20.2 Å². The Morgan fingerprint density at radius 3 is 2.74 bits per heavy atom. The Morgan fingerprint density at radius 1 is 1.32 bits per heavy atom. The topological polar surface area (TPSA) is 68.8 Å². The van der Waals surface area contributed by atoms with Gasteiger partial charge in [0.2, 0.25) is 0 Å². The second-order valence-corrected chi connectivity index (χ2v) is 5.00. The third kappa shape index (κ3) is 3.39. The molecule has 0 bridgehead atoms. The van der Waals surface area contributed by atoms with E-state index in [9.17, 15) is 0 Å². The number of nitrogens with two attached hydrogens (primary N) is 1. The summed E-state index contributed by atoms with van der Waals surface area (Å²) in [6, 6.07) is 6.66. The van der Waals surface area contributed by atoms with Crippen LogP contribution in [0.2, 0.25) is 0 Å². The molecule has 5 heteroatoms. The molecule has 0 spiro atoms. The van der Waals surface area contributed by atoms with Gasteiger partial charge in [0, 0.05) is 19.5 Å². The first-order chi connectivity index (χ1) is 9.10. The van der Waals surface area contributed by atoms with Gasteiger partial charge in [-0.05, 0) is 31.4 Å². The lowest BCUT2D eigenvalue weighted by molar-refractivity contribution is 0.498. The van der Waals surface area contributed by atoms with Gasteiger partial charge in [-0.25, -0.2) is 4.98 Å². The molecule has 0 radical (unpaired) electrons. The van der Waals surface area contributed by atoms with E-state index in [1.54, 1.807) is 11.0 Å². The van der Waals surface area contributed by atoms with Crippen molar-refractivity contribution in [3.05, 3.63) is 47.0 Å². The summed E-state index contributed by atoms with van der Waals surface area (Å²) in [5.74, 6) is 6.61. The van der Waals surface area contributed by atoms with Crippen LogP contribution in [-0.4, -0.2) is 20.8 Å². The fraction of sp³-hybridized carbons (Fsp3) is 0.429. The highest BCUT2D eigenvalue weighted by atomic mass is 15.3. The third-order valence-electron chi connectivity index (χ3n) is 3.44. The molecule has 19 heavy (non-hydrogen) atoms. The Kier molecular flexibility index (Phi) is 4.29. The van der Waals surface area contributed by atoms with Gasteiger partial charge in [-0.3, -0.25) is 16.0 Å². The standard InChI is InChI=1S/C14H21N5/c1-10-4-5-11(2)12(6-10)7-13(18-15)8-14-16-9-17-19(14)3/h4-6,9,13,18H,7-8,15H2,1-3H3. The van der Waals surface area contributed by atoms with Gasteiger partial charge in [0.1, 0.15) is 12.2 Å². The van der Waals surface area contributed by atoms with Crippen molar-refractivity contribution in [3.63, 3.8) is 0 Å². The van der Waals surface area contributed by atoms with E-state index in [-0.39, 0.29) is 6.04 Å². The third-order valence-corrected chi connectivity index (χ3v) is 3.44. The SMILES string of the molecule is Cc1ccc(C)c(CC(Cc2ncnn2C)NN)c1. The van der Waals surface area contributed by atoms with E-state index < -0.39 is 0 Å². The van der Waals surface area contributed by atoms with Crippen molar-refractivity contribution in [3.8, 4) is 0 Å². The summed E-state index contributed by atoms with van der Waals surface area (Å²) < 4.78 is 1.79. The molecule has 0 aliphatic heterocycles. The zero-order chi connectivity index (χ0) is 13.8. The molecule has 0 saturated heterocycles. The number of nitrogens with zero attached hydrogens (tertiary/aromatic N) is 3. The molecule has 0 saturated carbocycles. The normalized spacial score (nSPS) is 12.6. The van der Waals surface area contributed by atoms with E-state index in [4.69, 9.17) is 5.84 Å². The Labute approximate surface area is 113 Å². The lowest BCUT2D eigenvalue weighted by Gasteiger charge is -2.17. The van der Waals surface area contributed by atoms with E-state index in [0.717, 1.165) is 18.7 Å². The lowest BCUT2D eigenvalue weighted by atomic mass is 9.97. The molecule has 0 aliphatic rings. The summed E-state index contributed by atoms with van der Waals surface area (Å²) in [5, 5.41) is 4.08. The van der Waals surface area contributed by atoms with Gasteiger partial charge in [0.25, 0.3) is 0 Å². The molecule has 0 aliphatic carbocycles. The van der Waals surface area contributed by atoms with Gasteiger partial charge in [-0.15, -0.1) is 0 Å². The van der Waals surface area contributed by atoms with Crippen LogP contribution in [0.3, 0.4) is 0 Å². The summed E-state index contributed by atoms with van der Waals surface area (Å²) >= 11 is 0. The summed E-state index contributed by atoms with van der Waals surface area (Å²) in [4.78, 5) is 4.24. The molecule has 1 heterocycles. The van der Waals surface area contributed by atoms with Gasteiger partial charge in [0.05, 0.1) is 0 Å². The van der Waals surface area contributed by atoms with E-state index in [0.29, 0.717) is 0 Å². The van der Waals surface area contributed by atoms with Crippen molar-refractivity contribution in [2.24, 2.45) is 12.9 Å². The summed E-state index contributed by atoms with van der Waals surface area (Å²) in [5.41, 5.74) is 6.77. The number of nitrogens with one attached hydrogen (secondary N) is 1. The molecule has 2 rings (SSSR count). The van der Waals surface area contributed by atoms with Crippen molar-refractivity contribution in [2.75, 3.05) is 0 Å². The van der Waals surface area contributed by atoms with Gasteiger partial charge < -0.3 is 0 Å². The molecule has 3 N–H and O–H groups in total. The van der Waals surface area contributed by atoms with Crippen LogP contribution in [0, 0.1) is 13.8 Å². The minimum Gasteiger partial charge on any atom is -0.271 e. The highest BCUT2D eigenvalue weighted by Crippen LogP contribution is 2.14. The smallest absolute Gasteiger partial charge is 0.138 e. The number of hydrogen-bond donors (Lipinski definition) is 2. The van der Waals surface area contributed by atoms with E-state index in [1.807, 2.05) is 7.05 Å². The molecule has 1 aromatic heterocycles. The predicted octanol–water partition coefficient (Wildman–Crippen LogP) is 1.05. The molecule has 0 amide bonds. The van der Waals surface area contributed by atoms with Gasteiger partial charge in [-0.2, -0.15) is 5.10 Å². The largest absolute Gasteiger partial charge is 0.271 e. The summed E-state index contributed by atoms with van der Waals surface area (Å²) in [7, 11) is 1.90. The van der Waals surface area contributed by atoms with Gasteiger partial charge >= 0.3 is 0 Å². The summed E-state index contributed by atoms with van der Waals surface area (Å²) in [6.45, 7) is 4.24. The molecule has 0 fully saturated rings. The number of hydrogen-bond acceptors (Lipinski definition) is 4. The highest BCUT2D eigenvalue weighted by Gasteiger charge is 2.13. The second kappa shape index (κ2) is 5.95. The molecular formula is C14H21N5. The van der Waals surface area contributed by atoms with Crippen LogP contribution in [0.1, 0.15) is 22.5 Å². The van der Waals surface area contributed by atoms with E-state index in [1.165, 1.54) is 16.7 Å². The zero-order valence-corrected chi connectivity index (χ0v) is 11.7. The fourth-order valence-electron chi connectivity index (χ4n) is 2.20. The predicted molar refractivity (Wildman–Crippen MR) is 75.4 cm³/mol. The first-order valence-electron chi connectivity index (χ1n) is 6.45. The van der Waals surface area contributed by atoms with Crippen LogP contribution >= 0.6 is 0 Å². The van der Waals surface area contributed by atoms with E-state index in [2.05, 4.69) is 47.6 Å². The van der Waals surface area contributed by atoms with Crippen LogP contribution < -0.4 is 11.3 Å². The van der Waals surface area contributed by atoms with Gasteiger partial charge in [-0.1, -0.05) is 23.8 Å². The lowest BCUT2D eigenvalue weighted by Crippen LogP contribution is -2.39. The van der Waals surface area contributed by atoms with Crippen molar-refractivity contribution in [2.45, 2.75) is 32.7 Å². The Bertz CT molecular complexity index is 547. The van der Waals surface area contributed by atoms with Crippen molar-refractivity contribution >= 4 is 0 Å². The summed E-state index contributed by atoms with van der Waals surface area (Å²) in [6.07, 6.45) is 3.22. The van der Waals surface area contributed by atoms with Crippen molar-refractivity contribution < 1.29 is 0 Å². The molecule has 5 nitrogen and oxygen atoms in total. The number of hydrazine groups is 1. The first kappa shape index (κ1) is 13.7. The molecule has 2 aromatic rings. The van der Waals surface area contributed by atoms with Crippen molar-refractivity contribution in [1.29, 1.82) is 0 Å². The fourth-order valence-corrected chi connectivity index (χ4v) is 2.20. The minimum atomic E-state index is 0.156. The maximum atomic E-state index is 5.67. The Balaban J connectivity index is 2.11. The minimum absolute atomic E-state index is 0.156. The molecule has 1 unspecified atom stereocenters. The number of benzene rings is 1. The van der Waals surface area contributed by atoms with E-state index >= 15 is 0 Å². The average molecular weight is 259 g/mol. The molecular weight excluding hydrogens is 238 g/mol. The van der Waals surface area contributed by atoms with Crippen LogP contribution in [0.5, 0.6) is 0 Å². The number of aromatic nitrogens is 3.